The van der Waals surface area contributed by atoms with Gasteiger partial charge in [0.1, 0.15) is 28.4 Å². The summed E-state index contributed by atoms with van der Waals surface area (Å²) in [5.41, 5.74) is -1.22. The van der Waals surface area contributed by atoms with E-state index in [0.717, 1.165) is 19.3 Å². The molecule has 5 aromatic rings. The second kappa shape index (κ2) is 12.1. The number of unbranched alkanes of at least 4 members (excludes halogenated alkanes) is 5. The molecule has 0 saturated carbocycles. The third kappa shape index (κ3) is 5.32. The molecule has 0 saturated heterocycles. The lowest BCUT2D eigenvalue weighted by Crippen LogP contribution is -2.22. The first kappa shape index (κ1) is 27.1. The van der Waals surface area contributed by atoms with E-state index in [0.29, 0.717) is 28.7 Å². The smallest absolute Gasteiger partial charge is 0.344 e. The number of rotatable bonds is 11. The van der Waals surface area contributed by atoms with Crippen molar-refractivity contribution in [1.82, 2.24) is 0 Å². The third-order valence-electron chi connectivity index (χ3n) is 7.20. The van der Waals surface area contributed by atoms with Crippen LogP contribution in [0.25, 0.3) is 21.9 Å². The molecule has 0 aliphatic rings. The van der Waals surface area contributed by atoms with Crippen molar-refractivity contribution in [3.05, 3.63) is 110 Å². The van der Waals surface area contributed by atoms with Gasteiger partial charge in [-0.15, -0.1) is 0 Å². The average Bonchev–Trinajstić information content (AvgIpc) is 2.96. The number of ether oxygens (including phenoxy) is 1. The van der Waals surface area contributed by atoms with Gasteiger partial charge in [0.25, 0.3) is 0 Å². The SMILES string of the molecule is CCCCCCCCOc1ccccc1C(c1c(O)c2ccccc2oc1=O)c1c(O)c2ccccc2oc1=O. The van der Waals surface area contributed by atoms with E-state index < -0.39 is 17.2 Å². The quantitative estimate of drug-likeness (QED) is 0.134. The first-order chi connectivity index (χ1) is 19.5. The number of aromatic hydroxyl groups is 2. The van der Waals surface area contributed by atoms with Gasteiger partial charge in [0.15, 0.2) is 0 Å². The van der Waals surface area contributed by atoms with Gasteiger partial charge in [-0.1, -0.05) is 81.5 Å². The Morgan fingerprint density at radius 3 is 1.77 bits per heavy atom. The van der Waals surface area contributed by atoms with Crippen LogP contribution >= 0.6 is 0 Å². The van der Waals surface area contributed by atoms with Gasteiger partial charge in [-0.25, -0.2) is 9.59 Å². The van der Waals surface area contributed by atoms with Crippen molar-refractivity contribution in [2.24, 2.45) is 0 Å². The van der Waals surface area contributed by atoms with E-state index in [1.807, 2.05) is 0 Å². The Bertz CT molecular complexity index is 1650. The van der Waals surface area contributed by atoms with E-state index in [9.17, 15) is 19.8 Å². The molecule has 0 aliphatic carbocycles. The van der Waals surface area contributed by atoms with Crippen LogP contribution < -0.4 is 16.0 Å². The van der Waals surface area contributed by atoms with Crippen molar-refractivity contribution in [2.45, 2.75) is 51.4 Å². The Morgan fingerprint density at radius 1 is 0.675 bits per heavy atom. The molecule has 0 radical (unpaired) electrons. The highest BCUT2D eigenvalue weighted by atomic mass is 16.5. The summed E-state index contributed by atoms with van der Waals surface area (Å²) in [6.07, 6.45) is 6.56. The molecular weight excluding hydrogens is 508 g/mol. The molecule has 0 spiro atoms. The van der Waals surface area contributed by atoms with Gasteiger partial charge in [-0.05, 0) is 36.8 Å². The topological polar surface area (TPSA) is 110 Å². The zero-order valence-electron chi connectivity index (χ0n) is 22.4. The highest BCUT2D eigenvalue weighted by Gasteiger charge is 2.34. The summed E-state index contributed by atoms with van der Waals surface area (Å²) in [5.74, 6) is -1.48. The van der Waals surface area contributed by atoms with Gasteiger partial charge in [0.2, 0.25) is 0 Å². The number of hydrogen-bond acceptors (Lipinski definition) is 7. The zero-order valence-corrected chi connectivity index (χ0v) is 22.4. The molecule has 206 valence electrons. The second-order valence-corrected chi connectivity index (χ2v) is 9.88. The third-order valence-corrected chi connectivity index (χ3v) is 7.20. The maximum Gasteiger partial charge on any atom is 0.344 e. The molecule has 0 bridgehead atoms. The predicted molar refractivity (Wildman–Crippen MR) is 155 cm³/mol. The summed E-state index contributed by atoms with van der Waals surface area (Å²) in [7, 11) is 0. The van der Waals surface area contributed by atoms with Crippen LogP contribution in [0.2, 0.25) is 0 Å². The lowest BCUT2D eigenvalue weighted by Gasteiger charge is -2.22. The Hall–Kier alpha value is -4.52. The van der Waals surface area contributed by atoms with Gasteiger partial charge >= 0.3 is 11.3 Å². The minimum Gasteiger partial charge on any atom is -0.507 e. The Balaban J connectivity index is 1.67. The highest BCUT2D eigenvalue weighted by Crippen LogP contribution is 2.44. The number of hydrogen-bond donors (Lipinski definition) is 2. The molecule has 0 amide bonds. The lowest BCUT2D eigenvalue weighted by molar-refractivity contribution is 0.300. The highest BCUT2D eigenvalue weighted by molar-refractivity contribution is 5.87. The van der Waals surface area contributed by atoms with Crippen LogP contribution in [-0.2, 0) is 0 Å². The van der Waals surface area contributed by atoms with E-state index in [1.165, 1.54) is 19.3 Å². The van der Waals surface area contributed by atoms with Crippen LogP contribution in [0.5, 0.6) is 17.2 Å². The molecule has 0 atom stereocenters. The molecule has 0 fully saturated rings. The van der Waals surface area contributed by atoms with Crippen molar-refractivity contribution in [1.29, 1.82) is 0 Å². The van der Waals surface area contributed by atoms with Gasteiger partial charge in [0, 0.05) is 5.56 Å². The largest absolute Gasteiger partial charge is 0.507 e. The number of benzene rings is 3. The van der Waals surface area contributed by atoms with E-state index >= 15 is 0 Å². The maximum atomic E-state index is 13.4. The summed E-state index contributed by atoms with van der Waals surface area (Å²) < 4.78 is 17.3. The zero-order chi connectivity index (χ0) is 28.1. The number of fused-ring (bicyclic) bond motifs is 2. The standard InChI is InChI=1S/C33H32O7/c1-2-3-4-5-6-13-20-38-24-17-10-7-14-21(24)27(28-30(34)22-15-8-11-18-25(22)39-32(28)36)29-31(35)23-16-9-12-19-26(23)40-33(29)37/h7-12,14-19,27,34-35H,2-6,13,20H2,1H3. The number of para-hydroxylation sites is 3. The second-order valence-electron chi connectivity index (χ2n) is 9.88. The normalized spacial score (nSPS) is 11.4. The van der Waals surface area contributed by atoms with Crippen molar-refractivity contribution in [3.63, 3.8) is 0 Å². The van der Waals surface area contributed by atoms with Crippen molar-refractivity contribution in [2.75, 3.05) is 6.61 Å². The van der Waals surface area contributed by atoms with E-state index in [2.05, 4.69) is 6.92 Å². The fourth-order valence-electron chi connectivity index (χ4n) is 5.18. The van der Waals surface area contributed by atoms with Gasteiger partial charge < -0.3 is 23.8 Å². The maximum absolute atomic E-state index is 13.4. The van der Waals surface area contributed by atoms with Crippen LogP contribution in [0.1, 0.15) is 68.1 Å². The minimum atomic E-state index is -1.23. The Kier molecular flexibility index (Phi) is 8.20. The summed E-state index contributed by atoms with van der Waals surface area (Å²) >= 11 is 0. The van der Waals surface area contributed by atoms with Crippen LogP contribution in [0, 0.1) is 0 Å². The molecule has 0 unspecified atom stereocenters. The molecule has 3 aromatic carbocycles. The summed E-state index contributed by atoms with van der Waals surface area (Å²) in [6.45, 7) is 2.62. The average molecular weight is 541 g/mol. The monoisotopic (exact) mass is 540 g/mol. The molecule has 2 aromatic heterocycles. The minimum absolute atomic E-state index is 0.188. The van der Waals surface area contributed by atoms with E-state index in [4.69, 9.17) is 13.6 Å². The fourth-order valence-corrected chi connectivity index (χ4v) is 5.18. The molecular formula is C33H32O7. The summed E-state index contributed by atoms with van der Waals surface area (Å²) in [5, 5.41) is 23.4. The van der Waals surface area contributed by atoms with Crippen molar-refractivity contribution in [3.8, 4) is 17.2 Å². The molecule has 2 heterocycles. The van der Waals surface area contributed by atoms with Crippen LogP contribution in [0.3, 0.4) is 0 Å². The molecule has 40 heavy (non-hydrogen) atoms. The van der Waals surface area contributed by atoms with Gasteiger partial charge in [-0.3, -0.25) is 0 Å². The van der Waals surface area contributed by atoms with E-state index in [-0.39, 0.29) is 33.8 Å². The molecule has 7 nitrogen and oxygen atoms in total. The van der Waals surface area contributed by atoms with Gasteiger partial charge in [-0.2, -0.15) is 0 Å². The van der Waals surface area contributed by atoms with Crippen molar-refractivity contribution >= 4 is 21.9 Å². The Morgan fingerprint density at radius 2 is 1.18 bits per heavy atom. The van der Waals surface area contributed by atoms with Crippen molar-refractivity contribution < 1.29 is 23.8 Å². The lowest BCUT2D eigenvalue weighted by atomic mass is 9.84. The van der Waals surface area contributed by atoms with Crippen LogP contribution in [0.15, 0.2) is 91.2 Å². The molecule has 5 rings (SSSR count). The molecule has 0 aliphatic heterocycles. The first-order valence-electron chi connectivity index (χ1n) is 13.7. The first-order valence-corrected chi connectivity index (χ1v) is 13.7. The summed E-state index contributed by atoms with van der Waals surface area (Å²) in [6, 6.07) is 20.2. The van der Waals surface area contributed by atoms with E-state index in [1.54, 1.807) is 72.8 Å². The van der Waals surface area contributed by atoms with Crippen LogP contribution in [-0.4, -0.2) is 16.8 Å². The predicted octanol–water partition coefficient (Wildman–Crippen LogP) is 7.23. The van der Waals surface area contributed by atoms with Crippen LogP contribution in [0.4, 0.5) is 0 Å². The fraction of sp³-hybridized carbons (Fsp3) is 0.273. The summed E-state index contributed by atoms with van der Waals surface area (Å²) in [4.78, 5) is 26.9. The molecule has 2 N–H and O–H groups in total. The molecule has 7 heteroatoms. The Labute approximate surface area is 231 Å². The van der Waals surface area contributed by atoms with Gasteiger partial charge in [0.05, 0.1) is 34.4 Å².